The minimum absolute atomic E-state index is 0.0321. The number of benzene rings is 2. The van der Waals surface area contributed by atoms with E-state index in [1.807, 2.05) is 0 Å². The van der Waals surface area contributed by atoms with E-state index in [0.717, 1.165) is 25.9 Å². The minimum Gasteiger partial charge on any atom is -0.352 e. The van der Waals surface area contributed by atoms with Crippen molar-refractivity contribution < 1.29 is 13.6 Å². The number of amides is 1. The van der Waals surface area contributed by atoms with Gasteiger partial charge in [0.1, 0.15) is 11.6 Å². The predicted octanol–water partition coefficient (Wildman–Crippen LogP) is 3.36. The first-order valence-corrected chi connectivity index (χ1v) is 8.18. The number of halogens is 2. The lowest BCUT2D eigenvalue weighted by molar-refractivity contribution is 0.0941. The van der Waals surface area contributed by atoms with Crippen LogP contribution in [0.4, 0.5) is 8.78 Å². The Morgan fingerprint density at radius 1 is 1.12 bits per heavy atom. The molecule has 0 spiro atoms. The maximum Gasteiger partial charge on any atom is 0.254 e. The van der Waals surface area contributed by atoms with Crippen molar-refractivity contribution in [2.75, 3.05) is 19.6 Å². The predicted molar refractivity (Wildman–Crippen MR) is 89.7 cm³/mol. The summed E-state index contributed by atoms with van der Waals surface area (Å²) in [5, 5.41) is 6.09. The number of hydrogen-bond donors (Lipinski definition) is 2. The summed E-state index contributed by atoms with van der Waals surface area (Å²) >= 11 is 0. The van der Waals surface area contributed by atoms with E-state index in [4.69, 9.17) is 0 Å². The summed E-state index contributed by atoms with van der Waals surface area (Å²) in [4.78, 5) is 12.2. The molecule has 0 bridgehead atoms. The number of nitrogens with one attached hydrogen (secondary N) is 2. The van der Waals surface area contributed by atoms with Crippen molar-refractivity contribution in [2.45, 2.75) is 12.8 Å². The van der Waals surface area contributed by atoms with Gasteiger partial charge in [0, 0.05) is 6.54 Å². The van der Waals surface area contributed by atoms with Gasteiger partial charge in [0.25, 0.3) is 5.91 Å². The zero-order valence-corrected chi connectivity index (χ0v) is 13.3. The Morgan fingerprint density at radius 2 is 1.88 bits per heavy atom. The molecule has 126 valence electrons. The Kier molecular flexibility index (Phi) is 5.20. The summed E-state index contributed by atoms with van der Waals surface area (Å²) < 4.78 is 27.2. The highest BCUT2D eigenvalue weighted by molar-refractivity contribution is 5.95. The molecule has 24 heavy (non-hydrogen) atoms. The van der Waals surface area contributed by atoms with Crippen LogP contribution in [0.1, 0.15) is 23.2 Å². The van der Waals surface area contributed by atoms with Crippen LogP contribution in [0.3, 0.4) is 0 Å². The standard InChI is InChI=1S/C19H20F2N2O/c20-16-6-3-14(4-7-16)15-5-8-17(18(21)10-15)19(24)23-12-13-2-1-9-22-11-13/h3-8,10,13,22H,1-2,9,11-12H2,(H,23,24). The fraction of sp³-hybridized carbons (Fsp3) is 0.316. The Hall–Kier alpha value is -2.27. The lowest BCUT2D eigenvalue weighted by Crippen LogP contribution is -2.38. The second-order valence-electron chi connectivity index (χ2n) is 6.12. The molecule has 0 saturated carbocycles. The molecule has 5 heteroatoms. The molecule has 1 fully saturated rings. The van der Waals surface area contributed by atoms with Gasteiger partial charge < -0.3 is 10.6 Å². The highest BCUT2D eigenvalue weighted by Crippen LogP contribution is 2.22. The summed E-state index contributed by atoms with van der Waals surface area (Å²) in [5.74, 6) is -0.920. The van der Waals surface area contributed by atoms with Gasteiger partial charge in [-0.05, 0) is 67.2 Å². The molecule has 0 radical (unpaired) electrons. The van der Waals surface area contributed by atoms with E-state index in [1.165, 1.54) is 24.3 Å². The van der Waals surface area contributed by atoms with Crippen molar-refractivity contribution in [1.29, 1.82) is 0 Å². The van der Waals surface area contributed by atoms with Crippen LogP contribution in [-0.4, -0.2) is 25.5 Å². The SMILES string of the molecule is O=C(NCC1CCCNC1)c1ccc(-c2ccc(F)cc2)cc1F. The average Bonchev–Trinajstić information content (AvgIpc) is 2.61. The Balaban J connectivity index is 1.67. The van der Waals surface area contributed by atoms with Crippen LogP contribution in [0.25, 0.3) is 11.1 Å². The number of hydrogen-bond acceptors (Lipinski definition) is 2. The lowest BCUT2D eigenvalue weighted by Gasteiger charge is -2.22. The zero-order valence-electron chi connectivity index (χ0n) is 13.3. The molecule has 3 rings (SSSR count). The van der Waals surface area contributed by atoms with Crippen LogP contribution >= 0.6 is 0 Å². The van der Waals surface area contributed by atoms with Gasteiger partial charge in [-0.1, -0.05) is 18.2 Å². The lowest BCUT2D eigenvalue weighted by atomic mass is 9.99. The minimum atomic E-state index is -0.573. The smallest absolute Gasteiger partial charge is 0.254 e. The fourth-order valence-electron chi connectivity index (χ4n) is 2.95. The molecular weight excluding hydrogens is 310 g/mol. The molecule has 2 N–H and O–H groups in total. The molecule has 1 saturated heterocycles. The van der Waals surface area contributed by atoms with E-state index in [2.05, 4.69) is 10.6 Å². The van der Waals surface area contributed by atoms with Gasteiger partial charge in [0.15, 0.2) is 0 Å². The molecule has 1 unspecified atom stereocenters. The van der Waals surface area contributed by atoms with Gasteiger partial charge >= 0.3 is 0 Å². The largest absolute Gasteiger partial charge is 0.352 e. The van der Waals surface area contributed by atoms with Crippen LogP contribution in [-0.2, 0) is 0 Å². The van der Waals surface area contributed by atoms with Crippen molar-refractivity contribution in [1.82, 2.24) is 10.6 Å². The highest BCUT2D eigenvalue weighted by atomic mass is 19.1. The van der Waals surface area contributed by atoms with Gasteiger partial charge in [-0.3, -0.25) is 4.79 Å². The highest BCUT2D eigenvalue weighted by Gasteiger charge is 2.17. The van der Waals surface area contributed by atoms with Gasteiger partial charge in [-0.15, -0.1) is 0 Å². The van der Waals surface area contributed by atoms with Crippen molar-refractivity contribution in [3.05, 3.63) is 59.7 Å². The monoisotopic (exact) mass is 330 g/mol. The Morgan fingerprint density at radius 3 is 2.54 bits per heavy atom. The van der Waals surface area contributed by atoms with Crippen LogP contribution < -0.4 is 10.6 Å². The van der Waals surface area contributed by atoms with E-state index in [9.17, 15) is 13.6 Å². The molecule has 1 heterocycles. The summed E-state index contributed by atoms with van der Waals surface area (Å²) in [6.07, 6.45) is 2.17. The molecule has 2 aromatic carbocycles. The molecular formula is C19H20F2N2O. The second-order valence-corrected chi connectivity index (χ2v) is 6.12. The first-order chi connectivity index (χ1) is 11.6. The first kappa shape index (κ1) is 16.6. The number of piperidine rings is 1. The van der Waals surface area contributed by atoms with Crippen LogP contribution in [0.15, 0.2) is 42.5 Å². The summed E-state index contributed by atoms with van der Waals surface area (Å²) in [6, 6.07) is 10.3. The van der Waals surface area contributed by atoms with Gasteiger partial charge in [-0.25, -0.2) is 8.78 Å². The third-order valence-corrected chi connectivity index (χ3v) is 4.34. The van der Waals surface area contributed by atoms with Gasteiger partial charge in [0.05, 0.1) is 5.56 Å². The van der Waals surface area contributed by atoms with Crippen molar-refractivity contribution in [3.63, 3.8) is 0 Å². The second kappa shape index (κ2) is 7.53. The van der Waals surface area contributed by atoms with E-state index in [0.29, 0.717) is 23.6 Å². The molecule has 3 nitrogen and oxygen atoms in total. The molecule has 1 aliphatic rings. The van der Waals surface area contributed by atoms with E-state index < -0.39 is 11.7 Å². The van der Waals surface area contributed by atoms with Gasteiger partial charge in [-0.2, -0.15) is 0 Å². The molecule has 1 aliphatic heterocycles. The summed E-state index contributed by atoms with van der Waals surface area (Å²) in [7, 11) is 0. The normalized spacial score (nSPS) is 17.5. The molecule has 1 amide bonds. The van der Waals surface area contributed by atoms with E-state index >= 15 is 0 Å². The van der Waals surface area contributed by atoms with Crippen LogP contribution in [0, 0.1) is 17.6 Å². The van der Waals surface area contributed by atoms with Crippen molar-refractivity contribution in [3.8, 4) is 11.1 Å². The van der Waals surface area contributed by atoms with Gasteiger partial charge in [0.2, 0.25) is 0 Å². The number of carbonyl (C=O) groups excluding carboxylic acids is 1. The number of rotatable bonds is 4. The maximum absolute atomic E-state index is 14.3. The average molecular weight is 330 g/mol. The van der Waals surface area contributed by atoms with Crippen molar-refractivity contribution in [2.24, 2.45) is 5.92 Å². The topological polar surface area (TPSA) is 41.1 Å². The first-order valence-electron chi connectivity index (χ1n) is 8.18. The molecule has 0 aliphatic carbocycles. The van der Waals surface area contributed by atoms with Crippen LogP contribution in [0.2, 0.25) is 0 Å². The third-order valence-electron chi connectivity index (χ3n) is 4.34. The van der Waals surface area contributed by atoms with E-state index in [1.54, 1.807) is 18.2 Å². The summed E-state index contributed by atoms with van der Waals surface area (Å²) in [5.41, 5.74) is 1.35. The number of carbonyl (C=O) groups is 1. The zero-order chi connectivity index (χ0) is 16.9. The summed E-state index contributed by atoms with van der Waals surface area (Å²) in [6.45, 7) is 2.45. The van der Waals surface area contributed by atoms with E-state index in [-0.39, 0.29) is 11.4 Å². The Labute approximate surface area is 140 Å². The fourth-order valence-corrected chi connectivity index (χ4v) is 2.95. The van der Waals surface area contributed by atoms with Crippen molar-refractivity contribution >= 4 is 5.91 Å². The Bertz CT molecular complexity index is 710. The van der Waals surface area contributed by atoms with Crippen LogP contribution in [0.5, 0.6) is 0 Å². The quantitative estimate of drug-likeness (QED) is 0.902. The molecule has 1 atom stereocenters. The molecule has 2 aromatic rings. The maximum atomic E-state index is 14.3. The third kappa shape index (κ3) is 3.97. The molecule has 0 aromatic heterocycles.